The topological polar surface area (TPSA) is 101 Å². The Morgan fingerprint density at radius 2 is 2.04 bits per heavy atom. The second kappa shape index (κ2) is 7.95. The Morgan fingerprint density at radius 3 is 2.73 bits per heavy atom. The third-order valence-electron chi connectivity index (χ3n) is 4.75. The van der Waals surface area contributed by atoms with Crippen LogP contribution in [0.3, 0.4) is 0 Å². The number of carbonyl (C=O) groups excluding carboxylic acids is 1. The van der Waals surface area contributed by atoms with E-state index in [1.807, 2.05) is 6.07 Å². The second-order valence-corrected chi connectivity index (χ2v) is 6.58. The summed E-state index contributed by atoms with van der Waals surface area (Å²) in [6.07, 6.45) is 6.56. The molecule has 0 saturated heterocycles. The zero-order valence-corrected chi connectivity index (χ0v) is 14.3. The lowest BCUT2D eigenvalue weighted by Crippen LogP contribution is -2.34. The van der Waals surface area contributed by atoms with Gasteiger partial charge in [0.15, 0.2) is 0 Å². The standard InChI is InChI=1S/C19H21N3O4/c23-17(16(18(24)25)14-6-1-2-7-14)21-15-8-3-5-13(11-15)12-22-10-4-9-20-19(22)26/h3-5,8-11,14,16H,1-2,6-7,12H2,(H,21,23)(H,24,25). The number of carbonyl (C=O) groups is 2. The fourth-order valence-electron chi connectivity index (χ4n) is 3.49. The van der Waals surface area contributed by atoms with Crippen molar-refractivity contribution in [3.05, 3.63) is 58.8 Å². The van der Waals surface area contributed by atoms with Gasteiger partial charge in [0, 0.05) is 18.1 Å². The van der Waals surface area contributed by atoms with E-state index in [0.717, 1.165) is 31.2 Å². The number of nitrogens with one attached hydrogen (secondary N) is 1. The lowest BCUT2D eigenvalue weighted by molar-refractivity contribution is -0.147. The van der Waals surface area contributed by atoms with E-state index in [2.05, 4.69) is 10.3 Å². The van der Waals surface area contributed by atoms with Crippen molar-refractivity contribution in [1.29, 1.82) is 0 Å². The van der Waals surface area contributed by atoms with Gasteiger partial charge in [-0.1, -0.05) is 25.0 Å². The van der Waals surface area contributed by atoms with Gasteiger partial charge in [0.25, 0.3) is 0 Å². The quantitative estimate of drug-likeness (QED) is 0.773. The molecule has 0 spiro atoms. The van der Waals surface area contributed by atoms with Crippen molar-refractivity contribution in [2.75, 3.05) is 5.32 Å². The van der Waals surface area contributed by atoms with E-state index in [1.54, 1.807) is 30.5 Å². The van der Waals surface area contributed by atoms with Crippen LogP contribution in [0.2, 0.25) is 0 Å². The summed E-state index contributed by atoms with van der Waals surface area (Å²) in [5.41, 5.74) is 0.980. The molecule has 1 amide bonds. The fourth-order valence-corrected chi connectivity index (χ4v) is 3.49. The summed E-state index contributed by atoms with van der Waals surface area (Å²) in [4.78, 5) is 39.5. The van der Waals surface area contributed by atoms with Gasteiger partial charge in [-0.2, -0.15) is 0 Å². The maximum absolute atomic E-state index is 12.5. The van der Waals surface area contributed by atoms with Crippen LogP contribution in [0, 0.1) is 11.8 Å². The van der Waals surface area contributed by atoms with Crippen LogP contribution in [0.25, 0.3) is 0 Å². The third kappa shape index (κ3) is 4.17. The van der Waals surface area contributed by atoms with Gasteiger partial charge in [-0.05, 0) is 42.5 Å². The molecule has 0 aliphatic heterocycles. The van der Waals surface area contributed by atoms with Gasteiger partial charge in [0.2, 0.25) is 5.91 Å². The first kappa shape index (κ1) is 17.8. The van der Waals surface area contributed by atoms with Crippen LogP contribution in [-0.4, -0.2) is 26.5 Å². The number of hydrogen-bond donors (Lipinski definition) is 2. The number of aromatic nitrogens is 2. The minimum absolute atomic E-state index is 0.107. The fraction of sp³-hybridized carbons (Fsp3) is 0.368. The van der Waals surface area contributed by atoms with Gasteiger partial charge in [-0.3, -0.25) is 14.2 Å². The number of rotatable bonds is 6. The number of anilines is 1. The predicted molar refractivity (Wildman–Crippen MR) is 95.8 cm³/mol. The number of hydrogen-bond acceptors (Lipinski definition) is 4. The Kier molecular flexibility index (Phi) is 5.46. The molecule has 3 rings (SSSR count). The molecule has 0 radical (unpaired) electrons. The van der Waals surface area contributed by atoms with Crippen LogP contribution < -0.4 is 11.0 Å². The monoisotopic (exact) mass is 355 g/mol. The molecule has 26 heavy (non-hydrogen) atoms. The number of amides is 1. The van der Waals surface area contributed by atoms with Crippen molar-refractivity contribution in [2.45, 2.75) is 32.2 Å². The maximum atomic E-state index is 12.5. The molecule has 1 fully saturated rings. The van der Waals surface area contributed by atoms with E-state index in [1.165, 1.54) is 10.8 Å². The number of aliphatic carboxylic acids is 1. The van der Waals surface area contributed by atoms with Crippen molar-refractivity contribution in [3.63, 3.8) is 0 Å². The molecule has 1 saturated carbocycles. The molecule has 7 heteroatoms. The second-order valence-electron chi connectivity index (χ2n) is 6.58. The van der Waals surface area contributed by atoms with E-state index in [0.29, 0.717) is 12.2 Å². The highest BCUT2D eigenvalue weighted by atomic mass is 16.4. The molecule has 1 aliphatic rings. The van der Waals surface area contributed by atoms with Gasteiger partial charge in [0.05, 0.1) is 6.54 Å². The molecule has 7 nitrogen and oxygen atoms in total. The summed E-state index contributed by atoms with van der Waals surface area (Å²) >= 11 is 0. The van der Waals surface area contributed by atoms with Crippen LogP contribution in [-0.2, 0) is 16.1 Å². The zero-order chi connectivity index (χ0) is 18.5. The first-order valence-electron chi connectivity index (χ1n) is 8.68. The van der Waals surface area contributed by atoms with Crippen LogP contribution >= 0.6 is 0 Å². The lowest BCUT2D eigenvalue weighted by atomic mass is 9.90. The van der Waals surface area contributed by atoms with Crippen LogP contribution in [0.5, 0.6) is 0 Å². The van der Waals surface area contributed by atoms with Crippen molar-refractivity contribution < 1.29 is 14.7 Å². The molecule has 1 aromatic carbocycles. The van der Waals surface area contributed by atoms with Gasteiger partial charge < -0.3 is 10.4 Å². The molecule has 1 aliphatic carbocycles. The summed E-state index contributed by atoms with van der Waals surface area (Å²) < 4.78 is 1.46. The van der Waals surface area contributed by atoms with E-state index in [4.69, 9.17) is 0 Å². The zero-order valence-electron chi connectivity index (χ0n) is 14.3. The van der Waals surface area contributed by atoms with Crippen LogP contribution in [0.4, 0.5) is 5.69 Å². The average Bonchev–Trinajstić information content (AvgIpc) is 3.11. The Balaban J connectivity index is 1.73. The van der Waals surface area contributed by atoms with E-state index in [-0.39, 0.29) is 11.6 Å². The molecule has 1 unspecified atom stereocenters. The van der Waals surface area contributed by atoms with E-state index < -0.39 is 17.8 Å². The minimum Gasteiger partial charge on any atom is -0.481 e. The van der Waals surface area contributed by atoms with Crippen LogP contribution in [0.1, 0.15) is 31.2 Å². The normalized spacial score (nSPS) is 15.5. The molecule has 1 heterocycles. The van der Waals surface area contributed by atoms with Crippen molar-refractivity contribution in [3.8, 4) is 0 Å². The number of benzene rings is 1. The van der Waals surface area contributed by atoms with Crippen LogP contribution in [0.15, 0.2) is 47.5 Å². The summed E-state index contributed by atoms with van der Waals surface area (Å²) in [5, 5.41) is 12.2. The summed E-state index contributed by atoms with van der Waals surface area (Å²) in [6.45, 7) is 0.321. The third-order valence-corrected chi connectivity index (χ3v) is 4.75. The number of carboxylic acids is 1. The summed E-state index contributed by atoms with van der Waals surface area (Å²) in [6, 6.07) is 8.72. The van der Waals surface area contributed by atoms with Crippen molar-refractivity contribution in [2.24, 2.45) is 11.8 Å². The molecule has 1 atom stereocenters. The first-order valence-corrected chi connectivity index (χ1v) is 8.68. The lowest BCUT2D eigenvalue weighted by Gasteiger charge is -2.19. The van der Waals surface area contributed by atoms with Gasteiger partial charge >= 0.3 is 11.7 Å². The Morgan fingerprint density at radius 1 is 1.27 bits per heavy atom. The maximum Gasteiger partial charge on any atom is 0.347 e. The number of nitrogens with zero attached hydrogens (tertiary/aromatic N) is 2. The SMILES string of the molecule is O=C(O)C(C(=O)Nc1cccc(Cn2cccnc2=O)c1)C1CCCC1. The van der Waals surface area contributed by atoms with E-state index in [9.17, 15) is 19.5 Å². The Labute approximate surface area is 150 Å². The Bertz CT molecular complexity index is 856. The molecule has 2 N–H and O–H groups in total. The molecule has 136 valence electrons. The summed E-state index contributed by atoms with van der Waals surface area (Å²) in [7, 11) is 0. The van der Waals surface area contributed by atoms with Crippen molar-refractivity contribution >= 4 is 17.6 Å². The average molecular weight is 355 g/mol. The molecular weight excluding hydrogens is 334 g/mol. The largest absolute Gasteiger partial charge is 0.481 e. The molecule has 0 bridgehead atoms. The highest BCUT2D eigenvalue weighted by Gasteiger charge is 2.36. The predicted octanol–water partition coefficient (Wildman–Crippen LogP) is 2.12. The molecule has 2 aromatic rings. The highest BCUT2D eigenvalue weighted by molar-refractivity contribution is 6.04. The first-order chi connectivity index (χ1) is 12.5. The van der Waals surface area contributed by atoms with Gasteiger partial charge in [-0.25, -0.2) is 9.78 Å². The van der Waals surface area contributed by atoms with Gasteiger partial charge in [0.1, 0.15) is 5.92 Å². The molecule has 1 aromatic heterocycles. The Hall–Kier alpha value is -2.96. The highest BCUT2D eigenvalue weighted by Crippen LogP contribution is 2.32. The van der Waals surface area contributed by atoms with E-state index >= 15 is 0 Å². The number of carboxylic acid groups (broad SMARTS) is 1. The molecular formula is C19H21N3O4. The smallest absolute Gasteiger partial charge is 0.347 e. The minimum atomic E-state index is -1.08. The summed E-state index contributed by atoms with van der Waals surface area (Å²) in [5.74, 6) is -2.70. The van der Waals surface area contributed by atoms with Gasteiger partial charge in [-0.15, -0.1) is 0 Å². The van der Waals surface area contributed by atoms with Crippen molar-refractivity contribution in [1.82, 2.24) is 9.55 Å².